The summed E-state index contributed by atoms with van der Waals surface area (Å²) in [5.41, 5.74) is 6.90. The summed E-state index contributed by atoms with van der Waals surface area (Å²) < 4.78 is 27.7. The Labute approximate surface area is 126 Å². The third-order valence-corrected chi connectivity index (χ3v) is 5.63. The maximum atomic E-state index is 12.5. The largest absolute Gasteiger partial charge is 0.330 e. The Morgan fingerprint density at radius 2 is 2.10 bits per heavy atom. The number of aryl methyl sites for hydroxylation is 1. The van der Waals surface area contributed by atoms with Gasteiger partial charge in [-0.05, 0) is 56.0 Å². The SMILES string of the molecule is Cc1cc(S(=O)(=O)NC2CCCCC2CN)ccc1C#N. The molecule has 1 saturated carbocycles. The van der Waals surface area contributed by atoms with E-state index in [2.05, 4.69) is 4.72 Å². The summed E-state index contributed by atoms with van der Waals surface area (Å²) >= 11 is 0. The van der Waals surface area contributed by atoms with E-state index in [9.17, 15) is 8.42 Å². The Morgan fingerprint density at radius 1 is 1.38 bits per heavy atom. The molecule has 2 atom stereocenters. The van der Waals surface area contributed by atoms with Crippen molar-refractivity contribution >= 4 is 10.0 Å². The lowest BCUT2D eigenvalue weighted by Gasteiger charge is -2.31. The first-order chi connectivity index (χ1) is 9.97. The monoisotopic (exact) mass is 307 g/mol. The van der Waals surface area contributed by atoms with Crippen LogP contribution in [-0.2, 0) is 10.0 Å². The summed E-state index contributed by atoms with van der Waals surface area (Å²) in [6.07, 6.45) is 3.93. The molecule has 6 heteroatoms. The lowest BCUT2D eigenvalue weighted by molar-refractivity contribution is 0.296. The van der Waals surface area contributed by atoms with Crippen LogP contribution in [0.4, 0.5) is 0 Å². The second kappa shape index (κ2) is 6.56. The van der Waals surface area contributed by atoms with Crippen molar-refractivity contribution in [3.8, 4) is 6.07 Å². The Bertz CT molecular complexity index is 649. The molecule has 1 aromatic rings. The summed E-state index contributed by atoms with van der Waals surface area (Å²) in [5, 5.41) is 8.91. The van der Waals surface area contributed by atoms with Gasteiger partial charge in [-0.2, -0.15) is 5.26 Å². The molecule has 114 valence electrons. The molecule has 1 fully saturated rings. The first-order valence-corrected chi connectivity index (χ1v) is 8.69. The fourth-order valence-electron chi connectivity index (χ4n) is 2.84. The van der Waals surface area contributed by atoms with Crippen LogP contribution in [0.3, 0.4) is 0 Å². The van der Waals surface area contributed by atoms with Crippen molar-refractivity contribution in [2.75, 3.05) is 6.54 Å². The van der Waals surface area contributed by atoms with Gasteiger partial charge in [-0.25, -0.2) is 13.1 Å². The van der Waals surface area contributed by atoms with Gasteiger partial charge in [0.25, 0.3) is 0 Å². The van der Waals surface area contributed by atoms with Crippen LogP contribution in [0.1, 0.15) is 36.8 Å². The fourth-order valence-corrected chi connectivity index (χ4v) is 4.27. The van der Waals surface area contributed by atoms with E-state index in [0.29, 0.717) is 17.7 Å². The highest BCUT2D eigenvalue weighted by Crippen LogP contribution is 2.25. The Balaban J connectivity index is 2.22. The highest BCUT2D eigenvalue weighted by molar-refractivity contribution is 7.89. The van der Waals surface area contributed by atoms with Crippen LogP contribution in [0.25, 0.3) is 0 Å². The first kappa shape index (κ1) is 16.0. The molecule has 0 aliphatic heterocycles. The minimum atomic E-state index is -3.57. The molecule has 5 nitrogen and oxygen atoms in total. The molecule has 0 spiro atoms. The third-order valence-electron chi connectivity index (χ3n) is 4.15. The standard InChI is InChI=1S/C15H21N3O2S/c1-11-8-14(7-6-12(11)9-16)21(19,20)18-15-5-3-2-4-13(15)10-17/h6-8,13,15,18H,2-5,10,17H2,1H3. The van der Waals surface area contributed by atoms with Crippen LogP contribution < -0.4 is 10.5 Å². The fraction of sp³-hybridized carbons (Fsp3) is 0.533. The van der Waals surface area contributed by atoms with Crippen molar-refractivity contribution in [1.29, 1.82) is 5.26 Å². The summed E-state index contributed by atoms with van der Waals surface area (Å²) in [7, 11) is -3.57. The Hall–Kier alpha value is -1.42. The molecule has 3 N–H and O–H groups in total. The van der Waals surface area contributed by atoms with E-state index in [1.54, 1.807) is 19.1 Å². The molecule has 0 heterocycles. The van der Waals surface area contributed by atoms with Gasteiger partial charge in [0.05, 0.1) is 16.5 Å². The zero-order valence-electron chi connectivity index (χ0n) is 12.2. The van der Waals surface area contributed by atoms with E-state index in [0.717, 1.165) is 25.7 Å². The molecular weight excluding hydrogens is 286 g/mol. The molecular formula is C15H21N3O2S. The zero-order valence-corrected chi connectivity index (χ0v) is 13.0. The van der Waals surface area contributed by atoms with E-state index < -0.39 is 10.0 Å². The van der Waals surface area contributed by atoms with Gasteiger partial charge in [-0.15, -0.1) is 0 Å². The molecule has 0 radical (unpaired) electrons. The van der Waals surface area contributed by atoms with Crippen molar-refractivity contribution in [2.24, 2.45) is 11.7 Å². The number of nitriles is 1. The van der Waals surface area contributed by atoms with Gasteiger partial charge in [0.1, 0.15) is 0 Å². The van der Waals surface area contributed by atoms with E-state index in [-0.39, 0.29) is 16.9 Å². The zero-order chi connectivity index (χ0) is 15.5. The predicted octanol–water partition coefficient (Wildman–Crippen LogP) is 1.66. The second-order valence-corrected chi connectivity index (χ2v) is 7.31. The number of nitrogens with two attached hydrogens (primary N) is 1. The molecule has 2 rings (SSSR count). The summed E-state index contributed by atoms with van der Waals surface area (Å²) in [6.45, 7) is 2.24. The minimum absolute atomic E-state index is 0.0929. The number of benzene rings is 1. The van der Waals surface area contributed by atoms with Gasteiger partial charge in [0.2, 0.25) is 10.0 Å². The molecule has 1 aliphatic carbocycles. The topological polar surface area (TPSA) is 96.0 Å². The molecule has 0 amide bonds. The molecule has 1 aromatic carbocycles. The molecule has 21 heavy (non-hydrogen) atoms. The maximum Gasteiger partial charge on any atom is 0.240 e. The molecule has 0 saturated heterocycles. The normalized spacial score (nSPS) is 22.7. The van der Waals surface area contributed by atoms with E-state index in [1.807, 2.05) is 6.07 Å². The summed E-state index contributed by atoms with van der Waals surface area (Å²) in [4.78, 5) is 0.209. The highest BCUT2D eigenvalue weighted by atomic mass is 32.2. The first-order valence-electron chi connectivity index (χ1n) is 7.21. The lowest BCUT2D eigenvalue weighted by Crippen LogP contribution is -2.44. The number of sulfonamides is 1. The smallest absolute Gasteiger partial charge is 0.240 e. The van der Waals surface area contributed by atoms with Crippen LogP contribution in [0.2, 0.25) is 0 Å². The third kappa shape index (κ3) is 3.62. The number of hydrogen-bond acceptors (Lipinski definition) is 4. The van der Waals surface area contributed by atoms with Crippen molar-refractivity contribution in [2.45, 2.75) is 43.5 Å². The molecule has 2 unspecified atom stereocenters. The van der Waals surface area contributed by atoms with Gasteiger partial charge in [0, 0.05) is 6.04 Å². The van der Waals surface area contributed by atoms with Crippen LogP contribution in [0, 0.1) is 24.2 Å². The van der Waals surface area contributed by atoms with Gasteiger partial charge >= 0.3 is 0 Å². The van der Waals surface area contributed by atoms with E-state index in [1.165, 1.54) is 6.07 Å². The maximum absolute atomic E-state index is 12.5. The number of nitrogens with zero attached hydrogens (tertiary/aromatic N) is 1. The van der Waals surface area contributed by atoms with E-state index in [4.69, 9.17) is 11.0 Å². The van der Waals surface area contributed by atoms with Crippen molar-refractivity contribution in [3.05, 3.63) is 29.3 Å². The van der Waals surface area contributed by atoms with Gasteiger partial charge in [-0.1, -0.05) is 12.8 Å². The lowest BCUT2D eigenvalue weighted by atomic mass is 9.85. The van der Waals surface area contributed by atoms with Crippen LogP contribution in [-0.4, -0.2) is 21.0 Å². The molecule has 0 aromatic heterocycles. The Morgan fingerprint density at radius 3 is 2.71 bits per heavy atom. The second-order valence-electron chi connectivity index (χ2n) is 5.60. The molecule has 0 bridgehead atoms. The van der Waals surface area contributed by atoms with Crippen LogP contribution >= 0.6 is 0 Å². The predicted molar refractivity (Wildman–Crippen MR) is 81.0 cm³/mol. The minimum Gasteiger partial charge on any atom is -0.330 e. The van der Waals surface area contributed by atoms with Crippen molar-refractivity contribution in [1.82, 2.24) is 4.72 Å². The number of nitrogens with one attached hydrogen (secondary N) is 1. The summed E-state index contributed by atoms with van der Waals surface area (Å²) in [5.74, 6) is 0.202. The van der Waals surface area contributed by atoms with Gasteiger partial charge in [-0.3, -0.25) is 0 Å². The van der Waals surface area contributed by atoms with Gasteiger partial charge in [0.15, 0.2) is 0 Å². The Kier molecular flexibility index (Phi) is 4.99. The quantitative estimate of drug-likeness (QED) is 0.884. The number of hydrogen-bond donors (Lipinski definition) is 2. The summed E-state index contributed by atoms with van der Waals surface area (Å²) in [6, 6.07) is 6.52. The van der Waals surface area contributed by atoms with E-state index >= 15 is 0 Å². The average molecular weight is 307 g/mol. The van der Waals surface area contributed by atoms with Crippen LogP contribution in [0.15, 0.2) is 23.1 Å². The van der Waals surface area contributed by atoms with Crippen molar-refractivity contribution in [3.63, 3.8) is 0 Å². The van der Waals surface area contributed by atoms with Gasteiger partial charge < -0.3 is 5.73 Å². The average Bonchev–Trinajstić information content (AvgIpc) is 2.47. The van der Waals surface area contributed by atoms with Crippen LogP contribution in [0.5, 0.6) is 0 Å². The molecule has 1 aliphatic rings. The van der Waals surface area contributed by atoms with Crippen molar-refractivity contribution < 1.29 is 8.42 Å². The highest BCUT2D eigenvalue weighted by Gasteiger charge is 2.28. The number of rotatable bonds is 4.